The Morgan fingerprint density at radius 3 is 2.25 bits per heavy atom. The Balaban J connectivity index is 1.79. The predicted molar refractivity (Wildman–Crippen MR) is 109 cm³/mol. The lowest BCUT2D eigenvalue weighted by Crippen LogP contribution is -2.26. The molecule has 0 saturated heterocycles. The molecule has 3 rings (SSSR count). The molecule has 1 heterocycles. The average molecular weight is 380 g/mol. The van der Waals surface area contributed by atoms with Crippen LogP contribution in [0, 0.1) is 6.92 Å². The minimum atomic E-state index is -0.538. The van der Waals surface area contributed by atoms with Gasteiger partial charge in [0.1, 0.15) is 0 Å². The molecule has 0 spiro atoms. The molecular weight excluding hydrogens is 356 g/mol. The van der Waals surface area contributed by atoms with E-state index in [4.69, 9.17) is 5.73 Å². The molecular formula is C21H24N4O3. The van der Waals surface area contributed by atoms with Crippen molar-refractivity contribution in [2.45, 2.75) is 39.8 Å². The third kappa shape index (κ3) is 3.69. The fraction of sp³-hybridized carbons (Fsp3) is 0.286. The Morgan fingerprint density at radius 1 is 1.00 bits per heavy atom. The van der Waals surface area contributed by atoms with Gasteiger partial charge in [-0.2, -0.15) is 0 Å². The smallest absolute Gasteiger partial charge is 0.329 e. The van der Waals surface area contributed by atoms with Gasteiger partial charge < -0.3 is 11.1 Å². The highest BCUT2D eigenvalue weighted by Crippen LogP contribution is 2.19. The molecule has 7 heteroatoms. The summed E-state index contributed by atoms with van der Waals surface area (Å²) in [6, 6.07) is 12.6. The van der Waals surface area contributed by atoms with Crippen LogP contribution in [0.4, 0.5) is 5.69 Å². The molecule has 0 fully saturated rings. The van der Waals surface area contributed by atoms with Gasteiger partial charge in [-0.15, -0.1) is 0 Å². The summed E-state index contributed by atoms with van der Waals surface area (Å²) in [5.41, 5.74) is 8.48. The number of fused-ring (bicyclic) bond motifs is 1. The molecule has 2 aromatic carbocycles. The normalized spacial score (nSPS) is 10.9. The standard InChI is InChI=1S/C21H24N4O3/c1-3-12-24-17-9-4-5-10-18(17)25(21(24)28)13-11-19(26)23-16-8-6-7-15(14(16)2)20(22)27/h4-10H,3,11-13H2,1-2H3,(H2,22,27)(H,23,26). The monoisotopic (exact) mass is 380 g/mol. The zero-order valence-electron chi connectivity index (χ0n) is 16.1. The molecule has 3 aromatic rings. The Bertz CT molecular complexity index is 1090. The molecule has 0 aliphatic rings. The maximum atomic E-state index is 12.8. The largest absolute Gasteiger partial charge is 0.366 e. The highest BCUT2D eigenvalue weighted by atomic mass is 16.2. The Labute approximate surface area is 162 Å². The molecule has 3 N–H and O–H groups in total. The van der Waals surface area contributed by atoms with Gasteiger partial charge in [0.05, 0.1) is 11.0 Å². The van der Waals surface area contributed by atoms with Crippen LogP contribution in [0.2, 0.25) is 0 Å². The fourth-order valence-corrected chi connectivity index (χ4v) is 3.39. The van der Waals surface area contributed by atoms with Crippen molar-refractivity contribution in [3.05, 3.63) is 64.1 Å². The summed E-state index contributed by atoms with van der Waals surface area (Å²) < 4.78 is 3.38. The summed E-state index contributed by atoms with van der Waals surface area (Å²) in [4.78, 5) is 36.7. The summed E-state index contributed by atoms with van der Waals surface area (Å²) in [5.74, 6) is -0.771. The van der Waals surface area contributed by atoms with Crippen molar-refractivity contribution in [1.82, 2.24) is 9.13 Å². The molecule has 146 valence electrons. The van der Waals surface area contributed by atoms with Crippen molar-refractivity contribution in [1.29, 1.82) is 0 Å². The van der Waals surface area contributed by atoms with Crippen molar-refractivity contribution in [3.63, 3.8) is 0 Å². The van der Waals surface area contributed by atoms with E-state index in [1.54, 1.807) is 34.3 Å². The van der Waals surface area contributed by atoms with Crippen LogP contribution in [0.15, 0.2) is 47.3 Å². The number of carbonyl (C=O) groups excluding carboxylic acids is 2. The molecule has 0 aliphatic heterocycles. The van der Waals surface area contributed by atoms with Gasteiger partial charge in [-0.1, -0.05) is 25.1 Å². The van der Waals surface area contributed by atoms with Crippen LogP contribution in [-0.4, -0.2) is 20.9 Å². The number of imidazole rings is 1. The fourth-order valence-electron chi connectivity index (χ4n) is 3.39. The van der Waals surface area contributed by atoms with Crippen LogP contribution in [0.5, 0.6) is 0 Å². The topological polar surface area (TPSA) is 99.1 Å². The maximum absolute atomic E-state index is 12.8. The van der Waals surface area contributed by atoms with Crippen molar-refractivity contribution in [2.24, 2.45) is 5.73 Å². The number of carbonyl (C=O) groups is 2. The van der Waals surface area contributed by atoms with E-state index < -0.39 is 5.91 Å². The van der Waals surface area contributed by atoms with E-state index in [1.165, 1.54) is 0 Å². The third-order valence-corrected chi connectivity index (χ3v) is 4.81. The Morgan fingerprint density at radius 2 is 1.64 bits per heavy atom. The number of amides is 2. The summed E-state index contributed by atoms with van der Waals surface area (Å²) in [6.07, 6.45) is 0.990. The first-order chi connectivity index (χ1) is 13.4. The number of para-hydroxylation sites is 2. The Kier molecular flexibility index (Phi) is 5.63. The second-order valence-electron chi connectivity index (χ2n) is 6.72. The molecule has 0 radical (unpaired) electrons. The van der Waals surface area contributed by atoms with E-state index >= 15 is 0 Å². The van der Waals surface area contributed by atoms with Gasteiger partial charge in [0.25, 0.3) is 0 Å². The summed E-state index contributed by atoms with van der Waals surface area (Å²) in [7, 11) is 0. The first kappa shape index (κ1) is 19.4. The number of aryl methyl sites for hydroxylation is 2. The van der Waals surface area contributed by atoms with E-state index in [0.717, 1.165) is 17.5 Å². The first-order valence-corrected chi connectivity index (χ1v) is 9.31. The minimum Gasteiger partial charge on any atom is -0.366 e. The van der Waals surface area contributed by atoms with Gasteiger partial charge in [-0.05, 0) is 43.2 Å². The lowest BCUT2D eigenvalue weighted by atomic mass is 10.1. The van der Waals surface area contributed by atoms with Crippen LogP contribution in [0.1, 0.15) is 35.7 Å². The second kappa shape index (κ2) is 8.12. The van der Waals surface area contributed by atoms with Crippen molar-refractivity contribution in [2.75, 3.05) is 5.32 Å². The van der Waals surface area contributed by atoms with E-state index in [-0.39, 0.29) is 24.6 Å². The number of hydrogen-bond acceptors (Lipinski definition) is 3. The summed E-state index contributed by atoms with van der Waals surface area (Å²) in [5, 5.41) is 2.81. The zero-order valence-corrected chi connectivity index (χ0v) is 16.1. The number of benzene rings is 2. The highest BCUT2D eigenvalue weighted by molar-refractivity contribution is 5.98. The summed E-state index contributed by atoms with van der Waals surface area (Å²) in [6.45, 7) is 4.67. The molecule has 0 atom stereocenters. The van der Waals surface area contributed by atoms with Crippen LogP contribution in [-0.2, 0) is 17.9 Å². The molecule has 0 aliphatic carbocycles. The third-order valence-electron chi connectivity index (χ3n) is 4.81. The van der Waals surface area contributed by atoms with Crippen molar-refractivity contribution >= 4 is 28.5 Å². The SMILES string of the molecule is CCCn1c(=O)n(CCC(=O)Nc2cccc(C(N)=O)c2C)c2ccccc21. The van der Waals surface area contributed by atoms with Gasteiger partial charge in [0, 0.05) is 30.8 Å². The molecule has 0 saturated carbocycles. The molecule has 28 heavy (non-hydrogen) atoms. The average Bonchev–Trinajstić information content (AvgIpc) is 2.93. The van der Waals surface area contributed by atoms with Gasteiger partial charge in [-0.3, -0.25) is 18.7 Å². The van der Waals surface area contributed by atoms with Crippen molar-refractivity contribution in [3.8, 4) is 0 Å². The number of nitrogens with one attached hydrogen (secondary N) is 1. The zero-order chi connectivity index (χ0) is 20.3. The summed E-state index contributed by atoms with van der Waals surface area (Å²) >= 11 is 0. The number of primary amides is 1. The Hall–Kier alpha value is -3.35. The lowest BCUT2D eigenvalue weighted by molar-refractivity contribution is -0.116. The quantitative estimate of drug-likeness (QED) is 0.659. The minimum absolute atomic E-state index is 0.109. The van der Waals surface area contributed by atoms with Crippen LogP contribution < -0.4 is 16.7 Å². The molecule has 0 bridgehead atoms. The van der Waals surface area contributed by atoms with Gasteiger partial charge in [0.15, 0.2) is 0 Å². The number of rotatable bonds is 7. The maximum Gasteiger partial charge on any atom is 0.329 e. The van der Waals surface area contributed by atoms with Crippen molar-refractivity contribution < 1.29 is 9.59 Å². The predicted octanol–water partition coefficient (Wildman–Crippen LogP) is 2.65. The number of aromatic nitrogens is 2. The molecule has 7 nitrogen and oxygen atoms in total. The number of nitrogens with two attached hydrogens (primary N) is 1. The number of nitrogens with zero attached hydrogens (tertiary/aromatic N) is 2. The van der Waals surface area contributed by atoms with E-state index in [0.29, 0.717) is 23.4 Å². The van der Waals surface area contributed by atoms with E-state index in [9.17, 15) is 14.4 Å². The van der Waals surface area contributed by atoms with Crippen LogP contribution in [0.3, 0.4) is 0 Å². The van der Waals surface area contributed by atoms with Gasteiger partial charge in [0.2, 0.25) is 11.8 Å². The van der Waals surface area contributed by atoms with Crippen LogP contribution in [0.25, 0.3) is 11.0 Å². The van der Waals surface area contributed by atoms with E-state index in [2.05, 4.69) is 5.32 Å². The lowest BCUT2D eigenvalue weighted by Gasteiger charge is -2.11. The molecule has 0 unspecified atom stereocenters. The number of anilines is 1. The van der Waals surface area contributed by atoms with Gasteiger partial charge >= 0.3 is 5.69 Å². The van der Waals surface area contributed by atoms with Gasteiger partial charge in [-0.25, -0.2) is 4.79 Å². The van der Waals surface area contributed by atoms with E-state index in [1.807, 2.05) is 31.2 Å². The number of hydrogen-bond donors (Lipinski definition) is 2. The molecule has 2 amide bonds. The second-order valence-corrected chi connectivity index (χ2v) is 6.72. The van der Waals surface area contributed by atoms with Crippen LogP contribution >= 0.6 is 0 Å². The highest BCUT2D eigenvalue weighted by Gasteiger charge is 2.14. The first-order valence-electron chi connectivity index (χ1n) is 9.31. The molecule has 1 aromatic heterocycles.